The molecule has 1 unspecified atom stereocenters. The Labute approximate surface area is 92.9 Å². The van der Waals surface area contributed by atoms with Crippen LogP contribution in [0.3, 0.4) is 0 Å². The predicted molar refractivity (Wildman–Crippen MR) is 63.3 cm³/mol. The molecule has 0 amide bonds. The van der Waals surface area contributed by atoms with Crippen LogP contribution < -0.4 is 0 Å². The number of piperazine rings is 1. The van der Waals surface area contributed by atoms with Crippen molar-refractivity contribution in [3.05, 3.63) is 0 Å². The van der Waals surface area contributed by atoms with Gasteiger partial charge in [0, 0.05) is 38.1 Å². The van der Waals surface area contributed by atoms with Gasteiger partial charge in [-0.15, -0.1) is 0 Å². The third-order valence-electron chi connectivity index (χ3n) is 3.83. The van der Waals surface area contributed by atoms with Crippen LogP contribution in [-0.2, 0) is 0 Å². The van der Waals surface area contributed by atoms with Gasteiger partial charge in [0.15, 0.2) is 0 Å². The van der Waals surface area contributed by atoms with E-state index in [1.165, 1.54) is 19.3 Å². The molecule has 3 nitrogen and oxygen atoms in total. The van der Waals surface area contributed by atoms with Gasteiger partial charge in [-0.2, -0.15) is 0 Å². The maximum atomic E-state index is 8.03. The molecule has 0 spiro atoms. The molecule has 0 aromatic heterocycles. The summed E-state index contributed by atoms with van der Waals surface area (Å²) in [5.41, 5.74) is 0. The molecule has 0 aromatic rings. The van der Waals surface area contributed by atoms with Crippen LogP contribution in [0.15, 0.2) is 0 Å². The van der Waals surface area contributed by atoms with Crippen molar-refractivity contribution in [1.29, 1.82) is 5.41 Å². The fraction of sp³-hybridized carbons (Fsp3) is 0.917. The summed E-state index contributed by atoms with van der Waals surface area (Å²) in [5.74, 6) is 1.53. The zero-order chi connectivity index (χ0) is 10.8. The van der Waals surface area contributed by atoms with Crippen LogP contribution in [0.25, 0.3) is 0 Å². The smallest absolute Gasteiger partial charge is 0.0990 e. The van der Waals surface area contributed by atoms with Crippen molar-refractivity contribution in [3.8, 4) is 0 Å². The van der Waals surface area contributed by atoms with Crippen LogP contribution in [0.5, 0.6) is 0 Å². The third kappa shape index (κ3) is 2.51. The lowest BCUT2D eigenvalue weighted by molar-refractivity contribution is 0.135. The minimum Gasteiger partial charge on any atom is -0.358 e. The van der Waals surface area contributed by atoms with Gasteiger partial charge in [0.25, 0.3) is 0 Å². The summed E-state index contributed by atoms with van der Waals surface area (Å²) in [5, 5.41) is 8.03. The van der Waals surface area contributed by atoms with E-state index in [2.05, 4.69) is 23.6 Å². The van der Waals surface area contributed by atoms with Gasteiger partial charge in [0.05, 0.1) is 5.84 Å². The summed E-state index contributed by atoms with van der Waals surface area (Å²) in [7, 11) is 0. The van der Waals surface area contributed by atoms with E-state index in [4.69, 9.17) is 5.41 Å². The SMILES string of the molecule is CCC(C)N1CCN(C(=N)C2CC2)CC1. The number of rotatable bonds is 3. The van der Waals surface area contributed by atoms with E-state index in [1.54, 1.807) is 0 Å². The maximum Gasteiger partial charge on any atom is 0.0990 e. The van der Waals surface area contributed by atoms with Crippen LogP contribution >= 0.6 is 0 Å². The molecule has 1 atom stereocenters. The number of nitrogens with zero attached hydrogens (tertiary/aromatic N) is 2. The highest BCUT2D eigenvalue weighted by Gasteiger charge is 2.31. The first-order valence-corrected chi connectivity index (χ1v) is 6.29. The lowest BCUT2D eigenvalue weighted by atomic mass is 10.2. The highest BCUT2D eigenvalue weighted by atomic mass is 15.3. The molecule has 1 saturated carbocycles. The van der Waals surface area contributed by atoms with E-state index in [0.29, 0.717) is 12.0 Å². The Morgan fingerprint density at radius 1 is 1.27 bits per heavy atom. The van der Waals surface area contributed by atoms with Crippen molar-refractivity contribution >= 4 is 5.84 Å². The Bertz CT molecular complexity index is 227. The van der Waals surface area contributed by atoms with Crippen molar-refractivity contribution in [3.63, 3.8) is 0 Å². The second-order valence-electron chi connectivity index (χ2n) is 4.94. The summed E-state index contributed by atoms with van der Waals surface area (Å²) in [6, 6.07) is 0.710. The summed E-state index contributed by atoms with van der Waals surface area (Å²) in [4.78, 5) is 4.84. The molecular formula is C12H23N3. The van der Waals surface area contributed by atoms with E-state index in [0.717, 1.165) is 32.0 Å². The number of hydrogen-bond acceptors (Lipinski definition) is 2. The van der Waals surface area contributed by atoms with Gasteiger partial charge < -0.3 is 4.90 Å². The Morgan fingerprint density at radius 2 is 1.87 bits per heavy atom. The van der Waals surface area contributed by atoms with E-state index >= 15 is 0 Å². The number of amidine groups is 1. The van der Waals surface area contributed by atoms with Crippen LogP contribution in [0.1, 0.15) is 33.1 Å². The molecule has 1 N–H and O–H groups in total. The highest BCUT2D eigenvalue weighted by Crippen LogP contribution is 2.31. The third-order valence-corrected chi connectivity index (χ3v) is 3.83. The molecule has 86 valence electrons. The van der Waals surface area contributed by atoms with E-state index in [9.17, 15) is 0 Å². The Kier molecular flexibility index (Phi) is 3.29. The number of hydrogen-bond donors (Lipinski definition) is 1. The van der Waals surface area contributed by atoms with Crippen molar-refractivity contribution in [2.75, 3.05) is 26.2 Å². The van der Waals surface area contributed by atoms with Crippen LogP contribution in [-0.4, -0.2) is 47.9 Å². The van der Waals surface area contributed by atoms with Gasteiger partial charge in [-0.3, -0.25) is 10.3 Å². The van der Waals surface area contributed by atoms with Crippen molar-refractivity contribution < 1.29 is 0 Å². The highest BCUT2D eigenvalue weighted by molar-refractivity contribution is 5.83. The molecule has 0 radical (unpaired) electrons. The standard InChI is InChI=1S/C12H23N3/c1-3-10(2)14-6-8-15(9-7-14)12(13)11-4-5-11/h10-11,13H,3-9H2,1-2H3. The van der Waals surface area contributed by atoms with Crippen LogP contribution in [0.4, 0.5) is 0 Å². The minimum absolute atomic E-state index is 0.611. The first-order valence-electron chi connectivity index (χ1n) is 6.29. The van der Waals surface area contributed by atoms with Crippen LogP contribution in [0.2, 0.25) is 0 Å². The first-order chi connectivity index (χ1) is 7.22. The fourth-order valence-corrected chi connectivity index (χ4v) is 2.28. The lowest BCUT2D eigenvalue weighted by Gasteiger charge is -2.39. The summed E-state index contributed by atoms with van der Waals surface area (Å²) < 4.78 is 0. The quantitative estimate of drug-likeness (QED) is 0.567. The molecule has 1 saturated heterocycles. The first kappa shape index (κ1) is 10.9. The molecule has 0 aromatic carbocycles. The number of nitrogens with one attached hydrogen (secondary N) is 1. The molecule has 15 heavy (non-hydrogen) atoms. The van der Waals surface area contributed by atoms with Gasteiger partial charge >= 0.3 is 0 Å². The Morgan fingerprint density at radius 3 is 2.33 bits per heavy atom. The molecule has 1 heterocycles. The average molecular weight is 209 g/mol. The van der Waals surface area contributed by atoms with Crippen molar-refractivity contribution in [1.82, 2.24) is 9.80 Å². The van der Waals surface area contributed by atoms with Gasteiger partial charge in [0.1, 0.15) is 0 Å². The zero-order valence-electron chi connectivity index (χ0n) is 10.00. The maximum absolute atomic E-state index is 8.03. The van der Waals surface area contributed by atoms with Gasteiger partial charge in [0.2, 0.25) is 0 Å². The average Bonchev–Trinajstić information content (AvgIpc) is 3.11. The molecule has 1 aliphatic heterocycles. The molecule has 2 rings (SSSR count). The summed E-state index contributed by atoms with van der Waals surface area (Å²) in [6.07, 6.45) is 3.74. The molecule has 3 heteroatoms. The Balaban J connectivity index is 1.78. The largest absolute Gasteiger partial charge is 0.358 e. The molecular weight excluding hydrogens is 186 g/mol. The second-order valence-corrected chi connectivity index (χ2v) is 4.94. The van der Waals surface area contributed by atoms with E-state index in [1.807, 2.05) is 0 Å². The topological polar surface area (TPSA) is 30.3 Å². The zero-order valence-corrected chi connectivity index (χ0v) is 10.00. The van der Waals surface area contributed by atoms with Crippen molar-refractivity contribution in [2.45, 2.75) is 39.2 Å². The van der Waals surface area contributed by atoms with E-state index < -0.39 is 0 Å². The molecule has 2 aliphatic rings. The normalized spacial score (nSPS) is 25.3. The monoisotopic (exact) mass is 209 g/mol. The van der Waals surface area contributed by atoms with Crippen molar-refractivity contribution in [2.24, 2.45) is 5.92 Å². The summed E-state index contributed by atoms with van der Waals surface area (Å²) >= 11 is 0. The summed E-state index contributed by atoms with van der Waals surface area (Å²) in [6.45, 7) is 8.98. The van der Waals surface area contributed by atoms with E-state index in [-0.39, 0.29) is 0 Å². The van der Waals surface area contributed by atoms with Gasteiger partial charge in [-0.25, -0.2) is 0 Å². The molecule has 2 fully saturated rings. The fourth-order valence-electron chi connectivity index (χ4n) is 2.28. The second kappa shape index (κ2) is 4.52. The predicted octanol–water partition coefficient (Wildman–Crippen LogP) is 1.79. The lowest BCUT2D eigenvalue weighted by Crippen LogP contribution is -2.51. The van der Waals surface area contributed by atoms with Gasteiger partial charge in [-0.05, 0) is 26.2 Å². The molecule has 0 bridgehead atoms. The Hall–Kier alpha value is -0.570. The minimum atomic E-state index is 0.611. The van der Waals surface area contributed by atoms with Crippen LogP contribution in [0, 0.1) is 11.3 Å². The molecule has 1 aliphatic carbocycles. The van der Waals surface area contributed by atoms with Gasteiger partial charge in [-0.1, -0.05) is 6.92 Å².